The lowest BCUT2D eigenvalue weighted by Gasteiger charge is -2.46. The van der Waals surface area contributed by atoms with Gasteiger partial charge in [-0.15, -0.1) is 0 Å². The molecule has 2 aromatic carbocycles. The zero-order valence-corrected chi connectivity index (χ0v) is 30.4. The van der Waals surface area contributed by atoms with E-state index in [1.54, 1.807) is 0 Å². The molecule has 4 aliphatic rings. The molecule has 1 amide bonds. The molecular formula is C41H54N4O3S. The van der Waals surface area contributed by atoms with Crippen molar-refractivity contribution in [1.82, 2.24) is 14.6 Å². The highest BCUT2D eigenvalue weighted by molar-refractivity contribution is 7.84. The molecule has 7 nitrogen and oxygen atoms in total. The molecule has 262 valence electrons. The number of benzene rings is 2. The number of aryl methyl sites for hydroxylation is 1. The third-order valence-electron chi connectivity index (χ3n) is 12.1. The number of carbonyl (C=O) groups excluding carboxylic acids is 1. The molecule has 8 heteroatoms. The van der Waals surface area contributed by atoms with Gasteiger partial charge in [-0.1, -0.05) is 51.0 Å². The first-order valence-corrected chi connectivity index (χ1v) is 20.0. The van der Waals surface area contributed by atoms with Gasteiger partial charge in [-0.3, -0.25) is 19.4 Å². The van der Waals surface area contributed by atoms with Crippen LogP contribution in [0, 0.1) is 23.7 Å². The summed E-state index contributed by atoms with van der Waals surface area (Å²) in [6.07, 6.45) is 13.1. The number of nitrogens with one attached hydrogen (secondary N) is 1. The Kier molecular flexibility index (Phi) is 10.7. The van der Waals surface area contributed by atoms with E-state index in [1.807, 2.05) is 31.3 Å². The van der Waals surface area contributed by atoms with E-state index < -0.39 is 11.0 Å². The summed E-state index contributed by atoms with van der Waals surface area (Å²) in [5.41, 5.74) is 7.15. The Bertz CT molecular complexity index is 1650. The number of hydrogen-bond donors (Lipinski definition) is 1. The summed E-state index contributed by atoms with van der Waals surface area (Å²) in [4.78, 5) is 23.2. The minimum Gasteiger partial charge on any atom is -0.491 e. The van der Waals surface area contributed by atoms with Crippen molar-refractivity contribution in [2.75, 3.05) is 37.7 Å². The Morgan fingerprint density at radius 3 is 2.73 bits per heavy atom. The maximum absolute atomic E-state index is 13.5. The van der Waals surface area contributed by atoms with Crippen molar-refractivity contribution in [2.45, 2.75) is 89.9 Å². The fourth-order valence-electron chi connectivity index (χ4n) is 8.91. The number of hydrogen-bond acceptors (Lipinski definition) is 6. The molecule has 7 atom stereocenters. The molecule has 1 aromatic heterocycles. The second-order valence-electron chi connectivity index (χ2n) is 15.3. The first-order chi connectivity index (χ1) is 23.9. The third kappa shape index (κ3) is 7.61. The molecule has 1 fully saturated rings. The summed E-state index contributed by atoms with van der Waals surface area (Å²) in [6.45, 7) is 12.1. The second-order valence-corrected chi connectivity index (χ2v) is 16.8. The molecule has 4 heterocycles. The summed E-state index contributed by atoms with van der Waals surface area (Å²) < 4.78 is 22.9. The number of aromatic nitrogens is 1. The zero-order valence-electron chi connectivity index (χ0n) is 29.6. The summed E-state index contributed by atoms with van der Waals surface area (Å²) in [6, 6.07) is 16.9. The summed E-state index contributed by atoms with van der Waals surface area (Å²) in [7, 11) is -1.46. The number of pyridine rings is 1. The van der Waals surface area contributed by atoms with Crippen LogP contribution in [0.1, 0.15) is 97.8 Å². The van der Waals surface area contributed by atoms with E-state index in [0.29, 0.717) is 29.9 Å². The van der Waals surface area contributed by atoms with Crippen molar-refractivity contribution in [1.29, 1.82) is 0 Å². The maximum Gasteiger partial charge on any atom is 0.263 e. The van der Waals surface area contributed by atoms with Gasteiger partial charge < -0.3 is 9.64 Å². The monoisotopic (exact) mass is 682 g/mol. The molecule has 7 unspecified atom stereocenters. The van der Waals surface area contributed by atoms with Gasteiger partial charge in [-0.2, -0.15) is 0 Å². The molecule has 1 aliphatic carbocycles. The van der Waals surface area contributed by atoms with Gasteiger partial charge in [-0.25, -0.2) is 4.21 Å². The molecule has 49 heavy (non-hydrogen) atoms. The van der Waals surface area contributed by atoms with Gasteiger partial charge in [-0.05, 0) is 116 Å². The number of anilines is 1. The van der Waals surface area contributed by atoms with Crippen molar-refractivity contribution in [3.63, 3.8) is 0 Å². The quantitative estimate of drug-likeness (QED) is 0.304. The number of carbonyl (C=O) groups is 1. The smallest absolute Gasteiger partial charge is 0.263 e. The Balaban J connectivity index is 1.20. The van der Waals surface area contributed by atoms with Crippen LogP contribution in [0.2, 0.25) is 0 Å². The van der Waals surface area contributed by atoms with Gasteiger partial charge in [0.15, 0.2) is 0 Å². The molecule has 1 N–H and O–H groups in total. The average molecular weight is 683 g/mol. The lowest BCUT2D eigenvalue weighted by Crippen LogP contribution is -2.46. The van der Waals surface area contributed by atoms with Crippen LogP contribution in [0.25, 0.3) is 0 Å². The van der Waals surface area contributed by atoms with Crippen molar-refractivity contribution >= 4 is 22.6 Å². The Morgan fingerprint density at radius 1 is 1.02 bits per heavy atom. The van der Waals surface area contributed by atoms with Crippen LogP contribution in [0.3, 0.4) is 0 Å². The van der Waals surface area contributed by atoms with Crippen LogP contribution in [0.4, 0.5) is 5.69 Å². The normalized spacial score (nSPS) is 29.4. The van der Waals surface area contributed by atoms with Crippen LogP contribution in [-0.2, 0) is 30.4 Å². The highest BCUT2D eigenvalue weighted by atomic mass is 32.2. The largest absolute Gasteiger partial charge is 0.491 e. The number of rotatable bonds is 5. The highest BCUT2D eigenvalue weighted by Crippen LogP contribution is 2.45. The number of nitrogens with zero attached hydrogens (tertiary/aromatic N) is 3. The van der Waals surface area contributed by atoms with Crippen LogP contribution >= 0.6 is 0 Å². The minimum atomic E-state index is -1.46. The van der Waals surface area contributed by atoms with Gasteiger partial charge in [0.05, 0.1) is 17.5 Å². The summed E-state index contributed by atoms with van der Waals surface area (Å²) in [5, 5.41) is -0.123. The lowest BCUT2D eigenvalue weighted by molar-refractivity contribution is 0.0657. The van der Waals surface area contributed by atoms with Gasteiger partial charge in [0.25, 0.3) is 5.91 Å². The second kappa shape index (κ2) is 15.3. The Labute approximate surface area is 295 Å². The molecule has 3 aliphatic heterocycles. The van der Waals surface area contributed by atoms with Crippen LogP contribution in [0.15, 0.2) is 60.9 Å². The first-order valence-electron chi connectivity index (χ1n) is 18.8. The minimum absolute atomic E-state index is 0.123. The predicted octanol–water partition coefficient (Wildman–Crippen LogP) is 7.32. The van der Waals surface area contributed by atoms with Gasteiger partial charge >= 0.3 is 0 Å². The standard InChI is InChI=1S/C41H54N4O3S/c1-4-8-31-10-5-6-12-37(31)36-26-45-25-34-13-15-38(34)33(23-44-20-18-30-17-19-42-22-35(30)24-44)11-7-9-28(2)29(3)49(47)43-41(46)32-14-16-40(48-27-36)39(45)21-32/h5-6,10,12,14,16-17,19,21-22,28-29,33-34,36,38H,4,7-9,11,13,15,18,20,23-27H2,1-3H3,(H,43,46). The van der Waals surface area contributed by atoms with E-state index in [1.165, 1.54) is 41.5 Å². The SMILES string of the molecule is CCCc1ccccc1C1COc2ccc3cc2N(C1)CC1CCC1C(CN1CCc2ccncc2C1)CCCC(C)C(C)S(=O)NC3=O. The van der Waals surface area contributed by atoms with E-state index in [2.05, 4.69) is 69.9 Å². The van der Waals surface area contributed by atoms with Crippen molar-refractivity contribution in [3.05, 3.63) is 88.7 Å². The molecular weight excluding hydrogens is 629 g/mol. The van der Waals surface area contributed by atoms with Crippen LogP contribution in [0.5, 0.6) is 5.75 Å². The van der Waals surface area contributed by atoms with Gasteiger partial charge in [0.1, 0.15) is 16.7 Å². The Morgan fingerprint density at radius 2 is 1.90 bits per heavy atom. The first kappa shape index (κ1) is 34.2. The lowest BCUT2D eigenvalue weighted by atomic mass is 9.65. The third-order valence-corrected chi connectivity index (χ3v) is 13.7. The van der Waals surface area contributed by atoms with Gasteiger partial charge in [0.2, 0.25) is 0 Å². The zero-order chi connectivity index (χ0) is 33.9. The fourth-order valence-corrected chi connectivity index (χ4v) is 9.96. The Hall–Kier alpha value is -3.23. The topological polar surface area (TPSA) is 74.8 Å². The van der Waals surface area contributed by atoms with E-state index in [9.17, 15) is 9.00 Å². The van der Waals surface area contributed by atoms with Crippen molar-refractivity contribution in [3.8, 4) is 5.75 Å². The van der Waals surface area contributed by atoms with Crippen LogP contribution in [-0.4, -0.2) is 58.0 Å². The van der Waals surface area contributed by atoms with E-state index in [-0.39, 0.29) is 23.0 Å². The van der Waals surface area contributed by atoms with Crippen LogP contribution < -0.4 is 14.4 Å². The molecule has 0 spiro atoms. The molecule has 2 bridgehead atoms. The van der Waals surface area contributed by atoms with Crippen molar-refractivity contribution in [2.24, 2.45) is 23.7 Å². The summed E-state index contributed by atoms with van der Waals surface area (Å²) >= 11 is 0. The maximum atomic E-state index is 13.5. The molecule has 0 radical (unpaired) electrons. The molecule has 1 saturated carbocycles. The molecule has 0 saturated heterocycles. The van der Waals surface area contributed by atoms with Gasteiger partial charge in [0, 0.05) is 56.6 Å². The molecule has 3 aromatic rings. The van der Waals surface area contributed by atoms with E-state index in [0.717, 1.165) is 76.3 Å². The average Bonchev–Trinajstić information content (AvgIpc) is 3.28. The predicted molar refractivity (Wildman–Crippen MR) is 198 cm³/mol. The number of fused-ring (bicyclic) bond motifs is 3. The molecule has 7 rings (SSSR count). The number of ether oxygens (including phenoxy) is 1. The highest BCUT2D eigenvalue weighted by Gasteiger charge is 2.40. The van der Waals surface area contributed by atoms with E-state index >= 15 is 0 Å². The van der Waals surface area contributed by atoms with Crippen molar-refractivity contribution < 1.29 is 13.7 Å². The summed E-state index contributed by atoms with van der Waals surface area (Å²) in [5.74, 6) is 2.91. The van der Waals surface area contributed by atoms with E-state index in [4.69, 9.17) is 4.74 Å². The fraction of sp³-hybridized carbons (Fsp3) is 0.561. The number of amides is 1.